The summed E-state index contributed by atoms with van der Waals surface area (Å²) < 4.78 is 56.5. The van der Waals surface area contributed by atoms with Gasteiger partial charge in [0.2, 0.25) is 0 Å². The molecule has 20 heavy (non-hydrogen) atoms. The Morgan fingerprint density at radius 2 is 1.75 bits per heavy atom. The Morgan fingerprint density at radius 3 is 2.40 bits per heavy atom. The predicted molar refractivity (Wildman–Crippen MR) is 66.6 cm³/mol. The fourth-order valence-electron chi connectivity index (χ4n) is 1.75. The van der Waals surface area contributed by atoms with Crippen LogP contribution in [0.4, 0.5) is 23.2 Å². The zero-order valence-electron chi connectivity index (χ0n) is 10.2. The van der Waals surface area contributed by atoms with Gasteiger partial charge in [0, 0.05) is 5.69 Å². The Bertz CT molecular complexity index is 590. The van der Waals surface area contributed by atoms with Crippen LogP contribution in [-0.2, 0) is 12.8 Å². The van der Waals surface area contributed by atoms with Crippen molar-refractivity contribution in [2.24, 2.45) is 0 Å². The van der Waals surface area contributed by atoms with Gasteiger partial charge in [0.05, 0.1) is 5.56 Å². The summed E-state index contributed by atoms with van der Waals surface area (Å²) in [5.74, 6) is -0.865. The van der Waals surface area contributed by atoms with Crippen molar-refractivity contribution in [2.75, 3.05) is 5.73 Å². The lowest BCUT2D eigenvalue weighted by molar-refractivity contribution is -0.139. The van der Waals surface area contributed by atoms with E-state index in [2.05, 4.69) is 0 Å². The van der Waals surface area contributed by atoms with Gasteiger partial charge < -0.3 is 10.5 Å². The van der Waals surface area contributed by atoms with Gasteiger partial charge in [-0.15, -0.1) is 0 Å². The van der Waals surface area contributed by atoms with Crippen LogP contribution in [0, 0.1) is 5.82 Å². The third-order valence-corrected chi connectivity index (χ3v) is 2.57. The van der Waals surface area contributed by atoms with Crippen molar-refractivity contribution in [1.82, 2.24) is 0 Å². The highest BCUT2D eigenvalue weighted by atomic mass is 19.4. The Balaban J connectivity index is 2.19. The monoisotopic (exact) mass is 285 g/mol. The zero-order chi connectivity index (χ0) is 14.8. The first-order valence-corrected chi connectivity index (χ1v) is 5.70. The molecule has 0 bridgehead atoms. The number of alkyl halides is 3. The van der Waals surface area contributed by atoms with Crippen molar-refractivity contribution in [3.63, 3.8) is 0 Å². The van der Waals surface area contributed by atoms with Crippen molar-refractivity contribution in [1.29, 1.82) is 0 Å². The maximum absolute atomic E-state index is 13.1. The van der Waals surface area contributed by atoms with Gasteiger partial charge >= 0.3 is 6.18 Å². The minimum Gasteiger partial charge on any atom is -0.488 e. The molecule has 0 aromatic heterocycles. The van der Waals surface area contributed by atoms with E-state index < -0.39 is 17.6 Å². The van der Waals surface area contributed by atoms with Crippen molar-refractivity contribution < 1.29 is 22.3 Å². The lowest BCUT2D eigenvalue weighted by Gasteiger charge is -2.13. The maximum Gasteiger partial charge on any atom is 0.419 e. The van der Waals surface area contributed by atoms with Crippen LogP contribution in [0.15, 0.2) is 42.5 Å². The number of hydrogen-bond donors (Lipinski definition) is 1. The van der Waals surface area contributed by atoms with Gasteiger partial charge in [-0.1, -0.05) is 12.1 Å². The van der Waals surface area contributed by atoms with E-state index in [0.717, 1.165) is 18.2 Å². The summed E-state index contributed by atoms with van der Waals surface area (Å²) in [6, 6.07) is 8.57. The van der Waals surface area contributed by atoms with Gasteiger partial charge in [0.1, 0.15) is 18.2 Å². The standard InChI is InChI=1S/C14H11F4NO/c15-10-5-9(6-11(19)7-10)8-20-13-4-2-1-3-12(13)14(16,17)18/h1-7H,8,19H2. The largest absolute Gasteiger partial charge is 0.488 e. The molecule has 0 heterocycles. The van der Waals surface area contributed by atoms with Crippen LogP contribution >= 0.6 is 0 Å². The van der Waals surface area contributed by atoms with E-state index >= 15 is 0 Å². The number of para-hydroxylation sites is 1. The number of hydrogen-bond acceptors (Lipinski definition) is 2. The van der Waals surface area contributed by atoms with Crippen LogP contribution in [0.2, 0.25) is 0 Å². The first-order valence-electron chi connectivity index (χ1n) is 5.70. The quantitative estimate of drug-likeness (QED) is 0.683. The summed E-state index contributed by atoms with van der Waals surface area (Å²) in [5.41, 5.74) is 5.13. The Kier molecular flexibility index (Phi) is 3.83. The van der Waals surface area contributed by atoms with E-state index in [0.29, 0.717) is 5.56 Å². The highest BCUT2D eigenvalue weighted by Crippen LogP contribution is 2.36. The fraction of sp³-hybridized carbons (Fsp3) is 0.143. The van der Waals surface area contributed by atoms with Gasteiger partial charge in [0.15, 0.2) is 0 Å². The second kappa shape index (κ2) is 5.40. The second-order valence-corrected chi connectivity index (χ2v) is 4.18. The summed E-state index contributed by atoms with van der Waals surface area (Å²) in [6.07, 6.45) is -4.50. The van der Waals surface area contributed by atoms with Gasteiger partial charge in [-0.05, 0) is 35.9 Å². The Hall–Kier alpha value is -2.24. The van der Waals surface area contributed by atoms with Crippen LogP contribution < -0.4 is 10.5 Å². The van der Waals surface area contributed by atoms with Crippen molar-refractivity contribution in [3.05, 3.63) is 59.4 Å². The van der Waals surface area contributed by atoms with Gasteiger partial charge in [0.25, 0.3) is 0 Å². The normalized spacial score (nSPS) is 11.4. The Labute approximate surface area is 112 Å². The molecule has 0 fully saturated rings. The molecule has 6 heteroatoms. The molecular formula is C14H11F4NO. The molecule has 2 N–H and O–H groups in total. The topological polar surface area (TPSA) is 35.2 Å². The van der Waals surface area contributed by atoms with Crippen molar-refractivity contribution >= 4 is 5.69 Å². The summed E-state index contributed by atoms with van der Waals surface area (Å²) in [5, 5.41) is 0. The molecule has 106 valence electrons. The van der Waals surface area contributed by atoms with Gasteiger partial charge in [-0.3, -0.25) is 0 Å². The number of nitrogen functional groups attached to an aromatic ring is 1. The molecule has 2 nitrogen and oxygen atoms in total. The molecule has 0 aliphatic carbocycles. The van der Waals surface area contributed by atoms with E-state index in [9.17, 15) is 17.6 Å². The van der Waals surface area contributed by atoms with E-state index in [1.807, 2.05) is 0 Å². The van der Waals surface area contributed by atoms with Crippen LogP contribution in [0.25, 0.3) is 0 Å². The summed E-state index contributed by atoms with van der Waals surface area (Å²) >= 11 is 0. The third kappa shape index (κ3) is 3.40. The fourth-order valence-corrected chi connectivity index (χ4v) is 1.75. The number of anilines is 1. The number of benzene rings is 2. The third-order valence-electron chi connectivity index (χ3n) is 2.57. The van der Waals surface area contributed by atoms with Gasteiger partial charge in [-0.2, -0.15) is 13.2 Å². The predicted octanol–water partition coefficient (Wildman–Crippen LogP) is 4.01. The number of nitrogens with two attached hydrogens (primary N) is 1. The first kappa shape index (κ1) is 14.2. The first-order chi connectivity index (χ1) is 9.36. The zero-order valence-corrected chi connectivity index (χ0v) is 10.2. The molecule has 0 radical (unpaired) electrons. The molecule has 2 aromatic rings. The molecule has 0 spiro atoms. The molecule has 0 saturated heterocycles. The summed E-state index contributed by atoms with van der Waals surface area (Å²) in [7, 11) is 0. The van der Waals surface area contributed by atoms with Crippen molar-refractivity contribution in [3.8, 4) is 5.75 Å². The van der Waals surface area contributed by atoms with Crippen LogP contribution in [0.1, 0.15) is 11.1 Å². The highest BCUT2D eigenvalue weighted by Gasteiger charge is 2.33. The minimum absolute atomic E-state index is 0.188. The van der Waals surface area contributed by atoms with E-state index in [1.54, 1.807) is 0 Å². The average molecular weight is 285 g/mol. The van der Waals surface area contributed by atoms with Crippen LogP contribution in [0.3, 0.4) is 0 Å². The van der Waals surface area contributed by atoms with E-state index in [1.165, 1.54) is 24.3 Å². The summed E-state index contributed by atoms with van der Waals surface area (Å²) in [6.45, 7) is -0.199. The molecule has 2 aromatic carbocycles. The van der Waals surface area contributed by atoms with Gasteiger partial charge in [-0.25, -0.2) is 4.39 Å². The smallest absolute Gasteiger partial charge is 0.419 e. The molecule has 0 aliphatic heterocycles. The molecule has 0 atom stereocenters. The number of rotatable bonds is 3. The molecular weight excluding hydrogens is 274 g/mol. The number of halogens is 4. The highest BCUT2D eigenvalue weighted by molar-refractivity contribution is 5.41. The molecule has 0 amide bonds. The average Bonchev–Trinajstić information content (AvgIpc) is 2.34. The van der Waals surface area contributed by atoms with Crippen LogP contribution in [0.5, 0.6) is 5.75 Å². The van der Waals surface area contributed by atoms with E-state index in [-0.39, 0.29) is 18.0 Å². The molecule has 0 aliphatic rings. The lowest BCUT2D eigenvalue weighted by Crippen LogP contribution is -2.08. The van der Waals surface area contributed by atoms with E-state index in [4.69, 9.17) is 10.5 Å². The van der Waals surface area contributed by atoms with Crippen molar-refractivity contribution in [2.45, 2.75) is 12.8 Å². The molecule has 2 rings (SSSR count). The minimum atomic E-state index is -4.50. The second-order valence-electron chi connectivity index (χ2n) is 4.18. The van der Waals surface area contributed by atoms with Crippen LogP contribution in [-0.4, -0.2) is 0 Å². The molecule has 0 saturated carbocycles. The SMILES string of the molecule is Nc1cc(F)cc(COc2ccccc2C(F)(F)F)c1. The maximum atomic E-state index is 13.1. The summed E-state index contributed by atoms with van der Waals surface area (Å²) in [4.78, 5) is 0. The Morgan fingerprint density at radius 1 is 1.05 bits per heavy atom. The molecule has 0 unspecified atom stereocenters. The lowest BCUT2D eigenvalue weighted by atomic mass is 10.2. The number of ether oxygens (including phenoxy) is 1.